The van der Waals surface area contributed by atoms with E-state index in [4.69, 9.17) is 0 Å². The third kappa shape index (κ3) is 3.99. The predicted molar refractivity (Wildman–Crippen MR) is 122 cm³/mol. The Balaban J connectivity index is 1.29. The number of hydrogen-bond donors (Lipinski definition) is 0. The second kappa shape index (κ2) is 8.58. The summed E-state index contributed by atoms with van der Waals surface area (Å²) in [5, 5.41) is 5.43. The van der Waals surface area contributed by atoms with Crippen molar-refractivity contribution in [1.82, 2.24) is 24.5 Å². The number of thiophene rings is 1. The first-order valence-corrected chi connectivity index (χ1v) is 11.9. The molecular formula is C23H24FN5O3S. The van der Waals surface area contributed by atoms with Gasteiger partial charge in [-0.2, -0.15) is 5.10 Å². The van der Waals surface area contributed by atoms with Crippen LogP contribution in [0.2, 0.25) is 0 Å². The van der Waals surface area contributed by atoms with Crippen molar-refractivity contribution in [2.45, 2.75) is 19.8 Å². The van der Waals surface area contributed by atoms with Crippen molar-refractivity contribution in [2.24, 2.45) is 0 Å². The smallest absolute Gasteiger partial charge is 0.312 e. The van der Waals surface area contributed by atoms with E-state index in [9.17, 15) is 18.8 Å². The summed E-state index contributed by atoms with van der Waals surface area (Å²) in [4.78, 5) is 44.4. The standard InChI is InChI=1S/C23H24FN5O3S/c1-15-18-14-19(33-23(18)29(25-15)17-6-4-16(24)5-7-17)20(30)27-10-12-28(13-11-27)22(32)21(31)26-8-2-3-9-26/h4-7,14H,2-3,8-13H2,1H3. The van der Waals surface area contributed by atoms with Crippen molar-refractivity contribution in [3.63, 3.8) is 0 Å². The molecule has 172 valence electrons. The van der Waals surface area contributed by atoms with E-state index >= 15 is 0 Å². The third-order valence-corrected chi connectivity index (χ3v) is 7.36. The molecular weight excluding hydrogens is 445 g/mol. The van der Waals surface area contributed by atoms with Crippen molar-refractivity contribution in [3.05, 3.63) is 46.7 Å². The third-order valence-electron chi connectivity index (χ3n) is 6.26. The molecule has 0 spiro atoms. The van der Waals surface area contributed by atoms with Crippen LogP contribution in [-0.2, 0) is 9.59 Å². The van der Waals surface area contributed by atoms with E-state index in [2.05, 4.69) is 5.10 Å². The summed E-state index contributed by atoms with van der Waals surface area (Å²) in [6.07, 6.45) is 1.88. The van der Waals surface area contributed by atoms with E-state index in [1.807, 2.05) is 13.0 Å². The number of hydrogen-bond acceptors (Lipinski definition) is 5. The monoisotopic (exact) mass is 469 g/mol. The molecule has 0 N–H and O–H groups in total. The fourth-order valence-corrected chi connectivity index (χ4v) is 5.52. The highest BCUT2D eigenvalue weighted by Crippen LogP contribution is 2.31. The summed E-state index contributed by atoms with van der Waals surface area (Å²) in [5.74, 6) is -1.32. The van der Waals surface area contributed by atoms with Gasteiger partial charge in [0, 0.05) is 44.7 Å². The topological polar surface area (TPSA) is 78.8 Å². The van der Waals surface area contributed by atoms with Crippen molar-refractivity contribution >= 4 is 39.3 Å². The highest BCUT2D eigenvalue weighted by atomic mass is 32.1. The summed E-state index contributed by atoms with van der Waals surface area (Å²) in [6, 6.07) is 7.92. The van der Waals surface area contributed by atoms with E-state index in [1.54, 1.807) is 31.5 Å². The fraction of sp³-hybridized carbons (Fsp3) is 0.391. The molecule has 33 heavy (non-hydrogen) atoms. The molecule has 5 rings (SSSR count). The second-order valence-electron chi connectivity index (χ2n) is 8.39. The lowest BCUT2D eigenvalue weighted by molar-refractivity contribution is -0.152. The van der Waals surface area contributed by atoms with Gasteiger partial charge in [0.1, 0.15) is 10.6 Å². The minimum absolute atomic E-state index is 0.0979. The number of benzene rings is 1. The highest BCUT2D eigenvalue weighted by molar-refractivity contribution is 7.20. The number of piperazine rings is 1. The fourth-order valence-electron chi connectivity index (χ4n) is 4.37. The average molecular weight is 470 g/mol. The Hall–Kier alpha value is -3.27. The molecule has 0 unspecified atom stereocenters. The van der Waals surface area contributed by atoms with E-state index in [-0.39, 0.29) is 11.7 Å². The molecule has 0 aliphatic carbocycles. The molecule has 2 aliphatic rings. The van der Waals surface area contributed by atoms with Gasteiger partial charge in [-0.25, -0.2) is 9.07 Å². The number of fused-ring (bicyclic) bond motifs is 1. The molecule has 2 aliphatic heterocycles. The van der Waals surface area contributed by atoms with Gasteiger partial charge < -0.3 is 14.7 Å². The Morgan fingerprint density at radius 2 is 1.45 bits per heavy atom. The molecule has 3 amide bonds. The normalized spacial score (nSPS) is 16.6. The Labute approximate surface area is 194 Å². The SMILES string of the molecule is Cc1nn(-c2ccc(F)cc2)c2sc(C(=O)N3CCN(C(=O)C(=O)N4CCCC4)CC3)cc12. The second-order valence-corrected chi connectivity index (χ2v) is 9.42. The number of likely N-dealkylation sites (tertiary alicyclic amines) is 1. The minimum atomic E-state index is -0.471. The summed E-state index contributed by atoms with van der Waals surface area (Å²) in [5.41, 5.74) is 1.52. The maximum absolute atomic E-state index is 13.3. The first-order valence-electron chi connectivity index (χ1n) is 11.0. The van der Waals surface area contributed by atoms with Gasteiger partial charge in [-0.3, -0.25) is 14.4 Å². The minimum Gasteiger partial charge on any atom is -0.334 e. The van der Waals surface area contributed by atoms with Crippen LogP contribution in [-0.4, -0.2) is 81.5 Å². The van der Waals surface area contributed by atoms with Gasteiger partial charge in [-0.05, 0) is 50.1 Å². The van der Waals surface area contributed by atoms with Crippen LogP contribution >= 0.6 is 11.3 Å². The average Bonchev–Trinajstić information content (AvgIpc) is 3.57. The molecule has 1 aromatic carbocycles. The molecule has 10 heteroatoms. The summed E-state index contributed by atoms with van der Waals surface area (Å²) in [6.45, 7) is 4.62. The van der Waals surface area contributed by atoms with Crippen LogP contribution < -0.4 is 0 Å². The molecule has 4 heterocycles. The number of carbonyl (C=O) groups is 3. The molecule has 3 aromatic rings. The Morgan fingerprint density at radius 3 is 2.09 bits per heavy atom. The van der Waals surface area contributed by atoms with Crippen LogP contribution in [0.4, 0.5) is 4.39 Å². The number of aromatic nitrogens is 2. The molecule has 2 aromatic heterocycles. The maximum Gasteiger partial charge on any atom is 0.312 e. The Bertz CT molecular complexity index is 1220. The number of amides is 3. The van der Waals surface area contributed by atoms with E-state index in [0.717, 1.165) is 34.4 Å². The number of rotatable bonds is 2. The lowest BCUT2D eigenvalue weighted by atomic mass is 10.2. The zero-order valence-corrected chi connectivity index (χ0v) is 19.1. The van der Waals surface area contributed by atoms with Crippen molar-refractivity contribution < 1.29 is 18.8 Å². The quantitative estimate of drug-likeness (QED) is 0.540. The summed E-state index contributed by atoms with van der Waals surface area (Å²) >= 11 is 1.35. The van der Waals surface area contributed by atoms with E-state index in [1.165, 1.54) is 23.5 Å². The van der Waals surface area contributed by atoms with Gasteiger partial charge >= 0.3 is 11.8 Å². The van der Waals surface area contributed by atoms with Crippen molar-refractivity contribution in [1.29, 1.82) is 0 Å². The van der Waals surface area contributed by atoms with Crippen LogP contribution in [0.15, 0.2) is 30.3 Å². The van der Waals surface area contributed by atoms with Gasteiger partial charge in [-0.1, -0.05) is 0 Å². The zero-order valence-electron chi connectivity index (χ0n) is 18.3. The Morgan fingerprint density at radius 1 is 0.879 bits per heavy atom. The molecule has 0 atom stereocenters. The summed E-state index contributed by atoms with van der Waals surface area (Å²) in [7, 11) is 0. The van der Waals surface area contributed by atoms with E-state index in [0.29, 0.717) is 44.1 Å². The Kier molecular flexibility index (Phi) is 5.61. The number of aryl methyl sites for hydroxylation is 1. The van der Waals surface area contributed by atoms with Crippen LogP contribution in [0.3, 0.4) is 0 Å². The van der Waals surface area contributed by atoms with Crippen LogP contribution in [0.1, 0.15) is 28.2 Å². The molecule has 2 fully saturated rings. The largest absolute Gasteiger partial charge is 0.334 e. The molecule has 0 radical (unpaired) electrons. The summed E-state index contributed by atoms with van der Waals surface area (Å²) < 4.78 is 15.0. The van der Waals surface area contributed by atoms with Crippen molar-refractivity contribution in [2.75, 3.05) is 39.3 Å². The van der Waals surface area contributed by atoms with Gasteiger partial charge in [0.2, 0.25) is 0 Å². The van der Waals surface area contributed by atoms with Crippen molar-refractivity contribution in [3.8, 4) is 5.69 Å². The molecule has 2 saturated heterocycles. The van der Waals surface area contributed by atoms with Gasteiger partial charge in [0.15, 0.2) is 0 Å². The van der Waals surface area contributed by atoms with Crippen LogP contribution in [0.25, 0.3) is 15.9 Å². The molecule has 0 bridgehead atoms. The number of nitrogens with zero attached hydrogens (tertiary/aromatic N) is 5. The lowest BCUT2D eigenvalue weighted by Crippen LogP contribution is -2.54. The first kappa shape index (κ1) is 21.6. The lowest BCUT2D eigenvalue weighted by Gasteiger charge is -2.34. The first-order chi connectivity index (χ1) is 15.9. The van der Waals surface area contributed by atoms with Gasteiger partial charge in [0.25, 0.3) is 5.91 Å². The van der Waals surface area contributed by atoms with Gasteiger partial charge in [0.05, 0.1) is 16.3 Å². The van der Waals surface area contributed by atoms with Crippen LogP contribution in [0, 0.1) is 12.7 Å². The predicted octanol–water partition coefficient (Wildman–Crippen LogP) is 2.44. The van der Waals surface area contributed by atoms with E-state index < -0.39 is 11.8 Å². The maximum atomic E-state index is 13.3. The van der Waals surface area contributed by atoms with Crippen LogP contribution in [0.5, 0.6) is 0 Å². The zero-order chi connectivity index (χ0) is 23.1. The van der Waals surface area contributed by atoms with Gasteiger partial charge in [-0.15, -0.1) is 11.3 Å². The number of carbonyl (C=O) groups excluding carboxylic acids is 3. The number of halogens is 1. The highest BCUT2D eigenvalue weighted by Gasteiger charge is 2.32. The molecule has 0 saturated carbocycles. The molecule has 8 nitrogen and oxygen atoms in total.